The SMILES string of the molecule is c1cc2[14cH]ncnn2c1. The first kappa shape index (κ1) is 4.49. The van der Waals surface area contributed by atoms with Gasteiger partial charge in [0.25, 0.3) is 0 Å². The van der Waals surface area contributed by atoms with Gasteiger partial charge in [-0.3, -0.25) is 0 Å². The largest absolute Gasteiger partial charge is 0.241 e. The van der Waals surface area contributed by atoms with Gasteiger partial charge >= 0.3 is 0 Å². The van der Waals surface area contributed by atoms with Crippen molar-refractivity contribution in [2.24, 2.45) is 0 Å². The molecule has 0 amide bonds. The van der Waals surface area contributed by atoms with E-state index < -0.39 is 0 Å². The Labute approximate surface area is 52.0 Å². The van der Waals surface area contributed by atoms with Crippen LogP contribution in [0.15, 0.2) is 30.9 Å². The molecule has 0 saturated heterocycles. The zero-order chi connectivity index (χ0) is 6.10. The molecule has 3 heteroatoms. The number of hydrogen-bond donors (Lipinski definition) is 0. The highest BCUT2D eigenvalue weighted by Gasteiger charge is 1.86. The summed E-state index contributed by atoms with van der Waals surface area (Å²) in [5.41, 5.74) is 1.03. The summed E-state index contributed by atoms with van der Waals surface area (Å²) in [5.74, 6) is 0. The van der Waals surface area contributed by atoms with Crippen LogP contribution < -0.4 is 0 Å². The van der Waals surface area contributed by atoms with Gasteiger partial charge in [0.15, 0.2) is 0 Å². The summed E-state index contributed by atoms with van der Waals surface area (Å²) in [6.07, 6.45) is 5.18. The first-order valence-corrected chi connectivity index (χ1v) is 2.70. The minimum atomic E-state index is 1.03. The first-order valence-electron chi connectivity index (χ1n) is 2.70. The van der Waals surface area contributed by atoms with Crippen molar-refractivity contribution in [1.82, 2.24) is 14.6 Å². The maximum atomic E-state index is 3.95. The number of rotatable bonds is 0. The number of nitrogens with zero attached hydrogens (tertiary/aromatic N) is 3. The topological polar surface area (TPSA) is 30.2 Å². The van der Waals surface area contributed by atoms with E-state index >= 15 is 0 Å². The molecule has 2 aromatic heterocycles. The maximum absolute atomic E-state index is 3.95. The van der Waals surface area contributed by atoms with Crippen LogP contribution in [0.4, 0.5) is 0 Å². The van der Waals surface area contributed by atoms with Crippen molar-refractivity contribution in [3.8, 4) is 0 Å². The van der Waals surface area contributed by atoms with Crippen LogP contribution in [0.1, 0.15) is 0 Å². The third-order valence-corrected chi connectivity index (χ3v) is 1.21. The van der Waals surface area contributed by atoms with Gasteiger partial charge < -0.3 is 0 Å². The number of aromatic nitrogens is 3. The molecule has 2 heterocycles. The maximum Gasteiger partial charge on any atom is 0.136 e. The van der Waals surface area contributed by atoms with Crippen LogP contribution in [-0.2, 0) is 0 Å². The third-order valence-electron chi connectivity index (χ3n) is 1.21. The van der Waals surface area contributed by atoms with Crippen molar-refractivity contribution in [1.29, 1.82) is 0 Å². The lowest BCUT2D eigenvalue weighted by Gasteiger charge is -1.86. The van der Waals surface area contributed by atoms with Gasteiger partial charge in [0.05, 0.1) is 11.7 Å². The summed E-state index contributed by atoms with van der Waals surface area (Å²) in [7, 11) is 0. The van der Waals surface area contributed by atoms with Crippen LogP contribution in [0.2, 0.25) is 0 Å². The summed E-state index contributed by atoms with van der Waals surface area (Å²) < 4.78 is 1.77. The average Bonchev–Trinajstić information content (AvgIpc) is 2.33. The first-order chi connectivity index (χ1) is 4.47. The Morgan fingerprint density at radius 2 is 2.56 bits per heavy atom. The van der Waals surface area contributed by atoms with Gasteiger partial charge in [-0.05, 0) is 12.1 Å². The molecule has 2 rings (SSSR count). The van der Waals surface area contributed by atoms with E-state index in [0.717, 1.165) is 5.52 Å². The Kier molecular flexibility index (Phi) is 0.773. The van der Waals surface area contributed by atoms with Crippen molar-refractivity contribution in [3.63, 3.8) is 0 Å². The summed E-state index contributed by atoms with van der Waals surface area (Å²) in [4.78, 5) is 3.85. The molecule has 44 valence electrons. The van der Waals surface area contributed by atoms with Gasteiger partial charge in [-0.15, -0.1) is 0 Å². The van der Waals surface area contributed by atoms with E-state index in [1.54, 1.807) is 10.7 Å². The lowest BCUT2D eigenvalue weighted by atomic mass is 10.7. The molecular formula is C6H5N3. The molecule has 0 aromatic carbocycles. The standard InChI is InChI=1S/C6H5N3/c1-2-6-4-7-5-8-9(6)3-1/h1-5H/i4+2. The Morgan fingerprint density at radius 3 is 3.44 bits per heavy atom. The lowest BCUT2D eigenvalue weighted by Crippen LogP contribution is -1.87. The second kappa shape index (κ2) is 1.55. The minimum absolute atomic E-state index is 1.03. The molecule has 0 aliphatic rings. The van der Waals surface area contributed by atoms with Crippen LogP contribution in [0.25, 0.3) is 5.52 Å². The molecule has 9 heavy (non-hydrogen) atoms. The Bertz CT molecular complexity index is 282. The second-order valence-corrected chi connectivity index (χ2v) is 1.79. The van der Waals surface area contributed by atoms with Crippen LogP contribution in [0.5, 0.6) is 0 Å². The van der Waals surface area contributed by atoms with Gasteiger partial charge in [0.1, 0.15) is 6.33 Å². The van der Waals surface area contributed by atoms with Crippen molar-refractivity contribution < 1.29 is 0 Å². The quantitative estimate of drug-likeness (QED) is 0.514. The zero-order valence-electron chi connectivity index (χ0n) is 4.73. The zero-order valence-corrected chi connectivity index (χ0v) is 4.73. The van der Waals surface area contributed by atoms with Crippen molar-refractivity contribution in [2.45, 2.75) is 0 Å². The van der Waals surface area contributed by atoms with E-state index in [0.29, 0.717) is 0 Å². The van der Waals surface area contributed by atoms with E-state index in [9.17, 15) is 0 Å². The Balaban J connectivity index is 2.95. The molecule has 2 aromatic rings. The van der Waals surface area contributed by atoms with Gasteiger partial charge in [-0.25, -0.2) is 9.50 Å². The van der Waals surface area contributed by atoms with Gasteiger partial charge in [0.2, 0.25) is 0 Å². The predicted octanol–water partition coefficient (Wildman–Crippen LogP) is 0.729. The summed E-state index contributed by atoms with van der Waals surface area (Å²) in [6.45, 7) is 0. The third kappa shape index (κ3) is 0.579. The molecule has 0 atom stereocenters. The highest BCUT2D eigenvalue weighted by molar-refractivity contribution is 5.42. The van der Waals surface area contributed by atoms with Gasteiger partial charge in [0, 0.05) is 6.20 Å². The van der Waals surface area contributed by atoms with E-state index in [1.807, 2.05) is 18.3 Å². The number of hydrogen-bond acceptors (Lipinski definition) is 2. The molecule has 0 saturated carbocycles. The molecule has 0 spiro atoms. The molecular weight excluding hydrogens is 116 g/mol. The molecule has 0 fully saturated rings. The fourth-order valence-electron chi connectivity index (χ4n) is 0.788. The molecule has 0 bridgehead atoms. The fourth-order valence-corrected chi connectivity index (χ4v) is 0.788. The summed E-state index contributed by atoms with van der Waals surface area (Å²) >= 11 is 0. The van der Waals surface area contributed by atoms with Crippen LogP contribution >= 0.6 is 0 Å². The van der Waals surface area contributed by atoms with E-state index in [1.165, 1.54) is 6.33 Å². The van der Waals surface area contributed by atoms with Gasteiger partial charge in [-0.2, -0.15) is 5.10 Å². The second-order valence-electron chi connectivity index (χ2n) is 1.79. The molecule has 0 aliphatic heterocycles. The van der Waals surface area contributed by atoms with Crippen molar-refractivity contribution >= 4 is 5.52 Å². The molecule has 3 nitrogen and oxygen atoms in total. The smallest absolute Gasteiger partial charge is 0.136 e. The number of fused-ring (bicyclic) bond motifs is 1. The van der Waals surface area contributed by atoms with Crippen LogP contribution in [0.3, 0.4) is 0 Å². The fraction of sp³-hybridized carbons (Fsp3) is 0. The van der Waals surface area contributed by atoms with Gasteiger partial charge in [-0.1, -0.05) is 0 Å². The molecule has 0 N–H and O–H groups in total. The lowest BCUT2D eigenvalue weighted by molar-refractivity contribution is 0.903. The minimum Gasteiger partial charge on any atom is -0.241 e. The highest BCUT2D eigenvalue weighted by Crippen LogP contribution is 1.96. The predicted molar refractivity (Wildman–Crippen MR) is 33.0 cm³/mol. The molecule has 0 unspecified atom stereocenters. The van der Waals surface area contributed by atoms with Crippen molar-refractivity contribution in [2.75, 3.05) is 0 Å². The van der Waals surface area contributed by atoms with Crippen LogP contribution in [-0.4, -0.2) is 14.6 Å². The van der Waals surface area contributed by atoms with E-state index in [4.69, 9.17) is 0 Å². The Hall–Kier alpha value is -1.38. The van der Waals surface area contributed by atoms with Crippen LogP contribution in [0, 0.1) is 0 Å². The Morgan fingerprint density at radius 1 is 1.56 bits per heavy atom. The molecule has 0 aliphatic carbocycles. The normalized spacial score (nSPS) is 10.2. The summed E-state index contributed by atoms with van der Waals surface area (Å²) in [6, 6.07) is 3.89. The van der Waals surface area contributed by atoms with Crippen molar-refractivity contribution in [3.05, 3.63) is 30.9 Å². The van der Waals surface area contributed by atoms with E-state index in [2.05, 4.69) is 10.1 Å². The average molecular weight is 121 g/mol. The highest BCUT2D eigenvalue weighted by atomic mass is 15.3. The molecule has 0 radical (unpaired) electrons. The van der Waals surface area contributed by atoms with E-state index in [-0.39, 0.29) is 0 Å². The summed E-state index contributed by atoms with van der Waals surface area (Å²) in [5, 5.41) is 3.95. The monoisotopic (exact) mass is 121 g/mol.